The van der Waals surface area contributed by atoms with Gasteiger partial charge in [0.15, 0.2) is 0 Å². The SMILES string of the molecule is C=C(C)OC(=O)NCCC(=O)O. The summed E-state index contributed by atoms with van der Waals surface area (Å²) in [5.41, 5.74) is 0. The molecule has 1 amide bonds. The first-order valence-corrected chi connectivity index (χ1v) is 3.35. The third kappa shape index (κ3) is 6.60. The maximum Gasteiger partial charge on any atom is 0.412 e. The van der Waals surface area contributed by atoms with Crippen LogP contribution in [0.3, 0.4) is 0 Å². The van der Waals surface area contributed by atoms with Crippen LogP contribution in [-0.4, -0.2) is 23.7 Å². The van der Waals surface area contributed by atoms with Gasteiger partial charge >= 0.3 is 12.1 Å². The Morgan fingerprint density at radius 1 is 1.58 bits per heavy atom. The third-order valence-electron chi connectivity index (χ3n) is 0.875. The number of carbonyl (C=O) groups excluding carboxylic acids is 1. The molecule has 0 fully saturated rings. The standard InChI is InChI=1S/C7H11NO4/c1-5(2)12-7(11)8-4-3-6(9)10/h1,3-4H2,2H3,(H,8,11)(H,9,10). The minimum absolute atomic E-state index is 0.0570. The Hall–Kier alpha value is -1.52. The van der Waals surface area contributed by atoms with Crippen molar-refractivity contribution in [1.29, 1.82) is 0 Å². The van der Waals surface area contributed by atoms with Crippen molar-refractivity contribution in [1.82, 2.24) is 5.32 Å². The Morgan fingerprint density at radius 3 is 2.58 bits per heavy atom. The van der Waals surface area contributed by atoms with Crippen molar-refractivity contribution in [2.24, 2.45) is 0 Å². The van der Waals surface area contributed by atoms with Gasteiger partial charge in [0, 0.05) is 6.54 Å². The van der Waals surface area contributed by atoms with Crippen LogP contribution in [-0.2, 0) is 9.53 Å². The van der Waals surface area contributed by atoms with Crippen molar-refractivity contribution in [3.8, 4) is 0 Å². The summed E-state index contributed by atoms with van der Waals surface area (Å²) < 4.78 is 4.49. The predicted octanol–water partition coefficient (Wildman–Crippen LogP) is 0.721. The number of ether oxygens (including phenoxy) is 1. The number of hydrogen-bond acceptors (Lipinski definition) is 3. The van der Waals surface area contributed by atoms with Crippen LogP contribution < -0.4 is 5.32 Å². The summed E-state index contributed by atoms with van der Waals surface area (Å²) in [6, 6.07) is 0. The average molecular weight is 173 g/mol. The van der Waals surface area contributed by atoms with Crippen LogP contribution in [0.2, 0.25) is 0 Å². The number of carbonyl (C=O) groups is 2. The van der Waals surface area contributed by atoms with Crippen LogP contribution in [0, 0.1) is 0 Å². The van der Waals surface area contributed by atoms with E-state index in [0.717, 1.165) is 0 Å². The molecule has 0 saturated carbocycles. The molecule has 0 aromatic rings. The smallest absolute Gasteiger partial charge is 0.412 e. The third-order valence-corrected chi connectivity index (χ3v) is 0.875. The lowest BCUT2D eigenvalue weighted by molar-refractivity contribution is -0.136. The Morgan fingerprint density at radius 2 is 2.17 bits per heavy atom. The molecule has 0 saturated heterocycles. The second-order valence-corrected chi connectivity index (χ2v) is 2.16. The first-order chi connectivity index (χ1) is 5.52. The minimum Gasteiger partial charge on any atom is -0.481 e. The second kappa shape index (κ2) is 5.17. The van der Waals surface area contributed by atoms with Gasteiger partial charge in [0.2, 0.25) is 0 Å². The van der Waals surface area contributed by atoms with Crippen LogP contribution >= 0.6 is 0 Å². The Bertz CT molecular complexity index is 200. The van der Waals surface area contributed by atoms with Gasteiger partial charge in [-0.2, -0.15) is 0 Å². The van der Waals surface area contributed by atoms with Crippen LogP contribution in [0.5, 0.6) is 0 Å². The van der Waals surface area contributed by atoms with Gasteiger partial charge in [0.05, 0.1) is 12.2 Å². The zero-order valence-electron chi connectivity index (χ0n) is 6.79. The predicted molar refractivity (Wildman–Crippen MR) is 41.6 cm³/mol. The summed E-state index contributed by atoms with van der Waals surface area (Å²) in [5.74, 6) is -0.701. The van der Waals surface area contributed by atoms with E-state index in [9.17, 15) is 9.59 Å². The zero-order valence-corrected chi connectivity index (χ0v) is 6.79. The molecule has 2 N–H and O–H groups in total. The highest BCUT2D eigenvalue weighted by Crippen LogP contribution is 1.89. The molecule has 0 bridgehead atoms. The monoisotopic (exact) mass is 173 g/mol. The Labute approximate surface area is 70.0 Å². The van der Waals surface area contributed by atoms with Gasteiger partial charge in [0.1, 0.15) is 0 Å². The summed E-state index contributed by atoms with van der Waals surface area (Å²) in [7, 11) is 0. The number of carboxylic acids is 1. The van der Waals surface area contributed by atoms with E-state index in [2.05, 4.69) is 16.6 Å². The first kappa shape index (κ1) is 10.5. The average Bonchev–Trinajstić information content (AvgIpc) is 1.84. The highest BCUT2D eigenvalue weighted by atomic mass is 16.6. The summed E-state index contributed by atoms with van der Waals surface area (Å²) in [6.07, 6.45) is -0.797. The molecule has 0 aliphatic carbocycles. The van der Waals surface area contributed by atoms with Gasteiger partial charge in [-0.15, -0.1) is 0 Å². The van der Waals surface area contributed by atoms with E-state index in [0.29, 0.717) is 0 Å². The Balaban J connectivity index is 3.44. The van der Waals surface area contributed by atoms with E-state index in [-0.39, 0.29) is 18.7 Å². The lowest BCUT2D eigenvalue weighted by Crippen LogP contribution is -2.26. The maximum absolute atomic E-state index is 10.6. The van der Waals surface area contributed by atoms with Gasteiger partial charge in [0.25, 0.3) is 0 Å². The van der Waals surface area contributed by atoms with E-state index in [1.807, 2.05) is 0 Å². The molecular formula is C7H11NO4. The topological polar surface area (TPSA) is 75.6 Å². The van der Waals surface area contributed by atoms with Crippen LogP contribution in [0.4, 0.5) is 4.79 Å². The number of carboxylic acid groups (broad SMARTS) is 1. The molecule has 0 atom stereocenters. The molecule has 5 nitrogen and oxygen atoms in total. The molecule has 0 aliphatic rings. The summed E-state index contributed by atoms with van der Waals surface area (Å²) in [5, 5.41) is 10.4. The summed E-state index contributed by atoms with van der Waals surface area (Å²) in [6.45, 7) is 4.92. The molecule has 12 heavy (non-hydrogen) atoms. The highest BCUT2D eigenvalue weighted by Gasteiger charge is 2.02. The Kier molecular flexibility index (Phi) is 4.52. The lowest BCUT2D eigenvalue weighted by atomic mass is 10.4. The van der Waals surface area contributed by atoms with E-state index >= 15 is 0 Å². The number of nitrogens with one attached hydrogen (secondary N) is 1. The molecule has 0 aromatic carbocycles. The molecule has 0 spiro atoms. The minimum atomic E-state index is -0.967. The quantitative estimate of drug-likeness (QED) is 0.614. The largest absolute Gasteiger partial charge is 0.481 e. The van der Waals surface area contributed by atoms with E-state index in [4.69, 9.17) is 5.11 Å². The fourth-order valence-electron chi connectivity index (χ4n) is 0.466. The van der Waals surface area contributed by atoms with Gasteiger partial charge in [-0.3, -0.25) is 4.79 Å². The van der Waals surface area contributed by atoms with Crippen molar-refractivity contribution in [2.75, 3.05) is 6.54 Å². The van der Waals surface area contributed by atoms with Crippen molar-refractivity contribution in [3.63, 3.8) is 0 Å². The summed E-state index contributed by atoms with van der Waals surface area (Å²) in [4.78, 5) is 20.6. The number of rotatable bonds is 4. The van der Waals surface area contributed by atoms with Gasteiger partial charge in [-0.05, 0) is 6.92 Å². The fraction of sp³-hybridized carbons (Fsp3) is 0.429. The molecular weight excluding hydrogens is 162 g/mol. The van der Waals surface area contributed by atoms with E-state index < -0.39 is 12.1 Å². The van der Waals surface area contributed by atoms with Crippen molar-refractivity contribution in [3.05, 3.63) is 12.3 Å². The van der Waals surface area contributed by atoms with E-state index in [1.54, 1.807) is 0 Å². The number of hydrogen-bond donors (Lipinski definition) is 2. The number of amides is 1. The highest BCUT2D eigenvalue weighted by molar-refractivity contribution is 5.70. The molecule has 0 aromatic heterocycles. The molecule has 0 heterocycles. The zero-order chi connectivity index (χ0) is 9.56. The summed E-state index contributed by atoms with van der Waals surface area (Å²) >= 11 is 0. The van der Waals surface area contributed by atoms with Crippen LogP contribution in [0.1, 0.15) is 13.3 Å². The molecule has 0 rings (SSSR count). The van der Waals surface area contributed by atoms with Crippen LogP contribution in [0.15, 0.2) is 12.3 Å². The molecule has 0 radical (unpaired) electrons. The lowest BCUT2D eigenvalue weighted by Gasteiger charge is -2.03. The van der Waals surface area contributed by atoms with Gasteiger partial charge < -0.3 is 15.2 Å². The molecule has 5 heteroatoms. The first-order valence-electron chi connectivity index (χ1n) is 3.35. The second-order valence-electron chi connectivity index (χ2n) is 2.16. The fourth-order valence-corrected chi connectivity index (χ4v) is 0.466. The van der Waals surface area contributed by atoms with E-state index in [1.165, 1.54) is 6.92 Å². The van der Waals surface area contributed by atoms with Gasteiger partial charge in [-0.1, -0.05) is 6.58 Å². The maximum atomic E-state index is 10.6. The normalized spacial score (nSPS) is 8.75. The number of allylic oxidation sites excluding steroid dienone is 1. The van der Waals surface area contributed by atoms with Crippen molar-refractivity contribution >= 4 is 12.1 Å². The number of aliphatic carboxylic acids is 1. The number of alkyl carbamates (subject to hydrolysis) is 1. The van der Waals surface area contributed by atoms with Crippen LogP contribution in [0.25, 0.3) is 0 Å². The molecule has 68 valence electrons. The van der Waals surface area contributed by atoms with Crippen molar-refractivity contribution in [2.45, 2.75) is 13.3 Å². The molecule has 0 aliphatic heterocycles. The molecule has 0 unspecified atom stereocenters. The van der Waals surface area contributed by atoms with Crippen molar-refractivity contribution < 1.29 is 19.4 Å². The van der Waals surface area contributed by atoms with Gasteiger partial charge in [-0.25, -0.2) is 4.79 Å².